The van der Waals surface area contributed by atoms with E-state index in [2.05, 4.69) is 15.6 Å². The molecule has 35 heavy (non-hydrogen) atoms. The fourth-order valence-corrected chi connectivity index (χ4v) is 7.48. The quantitative estimate of drug-likeness (QED) is 0.461. The number of benzene rings is 2. The van der Waals surface area contributed by atoms with Crippen molar-refractivity contribution in [1.82, 2.24) is 15.3 Å². The molecule has 7 rings (SSSR count). The summed E-state index contributed by atoms with van der Waals surface area (Å²) in [4.78, 5) is 33.7. The maximum Gasteiger partial charge on any atom is 0.251 e. The summed E-state index contributed by atoms with van der Waals surface area (Å²) >= 11 is 0. The Morgan fingerprint density at radius 2 is 1.63 bits per heavy atom. The summed E-state index contributed by atoms with van der Waals surface area (Å²) in [7, 11) is 0. The zero-order valence-electron chi connectivity index (χ0n) is 19.9. The number of aromatic nitrogens is 2. The highest BCUT2D eigenvalue weighted by molar-refractivity contribution is 5.96. The van der Waals surface area contributed by atoms with Crippen LogP contribution in [0, 0.1) is 29.6 Å². The number of anilines is 1. The molecule has 6 unspecified atom stereocenters. The zero-order chi connectivity index (χ0) is 23.5. The van der Waals surface area contributed by atoms with Crippen molar-refractivity contribution in [2.75, 3.05) is 5.32 Å². The van der Waals surface area contributed by atoms with Crippen molar-refractivity contribution >= 4 is 28.5 Å². The van der Waals surface area contributed by atoms with E-state index in [1.165, 1.54) is 38.5 Å². The predicted molar refractivity (Wildman–Crippen MR) is 136 cm³/mol. The van der Waals surface area contributed by atoms with Crippen LogP contribution < -0.4 is 10.6 Å². The number of H-pyrrole nitrogens is 1. The number of hydrogen-bond acceptors (Lipinski definition) is 3. The summed E-state index contributed by atoms with van der Waals surface area (Å²) in [5.41, 5.74) is 4.19. The van der Waals surface area contributed by atoms with Gasteiger partial charge in [0.15, 0.2) is 0 Å². The lowest BCUT2D eigenvalue weighted by molar-refractivity contribution is -0.121. The number of imidazole rings is 1. The van der Waals surface area contributed by atoms with Gasteiger partial charge in [-0.25, -0.2) is 4.98 Å². The first-order chi connectivity index (χ1) is 17.1. The summed E-state index contributed by atoms with van der Waals surface area (Å²) in [6.07, 6.45) is 9.77. The van der Waals surface area contributed by atoms with Gasteiger partial charge in [-0.2, -0.15) is 0 Å². The average Bonchev–Trinajstić information content (AvgIpc) is 3.70. The highest BCUT2D eigenvalue weighted by atomic mass is 16.2. The largest absolute Gasteiger partial charge is 0.349 e. The van der Waals surface area contributed by atoms with Crippen LogP contribution in [0.25, 0.3) is 22.4 Å². The second-order valence-corrected chi connectivity index (χ2v) is 11.4. The molecule has 0 radical (unpaired) electrons. The molecular weight excluding hydrogens is 436 g/mol. The van der Waals surface area contributed by atoms with E-state index in [-0.39, 0.29) is 17.7 Å². The van der Waals surface area contributed by atoms with Crippen LogP contribution in [0.1, 0.15) is 61.7 Å². The SMILES string of the molecule is O=C(NC1CC2CCC1C2)c1ccc(-c2nc3ccc(NC(=O)C4CC5CCC4C5)cc3[nH]2)cc1. The number of rotatable bonds is 5. The maximum atomic E-state index is 12.8. The van der Waals surface area contributed by atoms with E-state index in [1.807, 2.05) is 42.5 Å². The number of aromatic amines is 1. The Morgan fingerprint density at radius 1 is 0.857 bits per heavy atom. The molecule has 4 saturated carbocycles. The molecule has 6 heteroatoms. The van der Waals surface area contributed by atoms with Gasteiger partial charge < -0.3 is 15.6 Å². The Bertz CT molecular complexity index is 1300. The molecule has 0 saturated heterocycles. The van der Waals surface area contributed by atoms with Gasteiger partial charge in [0, 0.05) is 28.8 Å². The Morgan fingerprint density at radius 3 is 2.31 bits per heavy atom. The molecular formula is C29H32N4O2. The van der Waals surface area contributed by atoms with Crippen LogP contribution in [-0.2, 0) is 4.79 Å². The minimum Gasteiger partial charge on any atom is -0.349 e. The van der Waals surface area contributed by atoms with Crippen molar-refractivity contribution in [3.05, 3.63) is 48.0 Å². The molecule has 0 aliphatic heterocycles. The summed E-state index contributed by atoms with van der Waals surface area (Å²) in [5, 5.41) is 6.40. The van der Waals surface area contributed by atoms with Crippen LogP contribution in [0.5, 0.6) is 0 Å². The van der Waals surface area contributed by atoms with E-state index in [1.54, 1.807) is 0 Å². The Labute approximate surface area is 205 Å². The molecule has 4 aliphatic carbocycles. The molecule has 4 aliphatic rings. The smallest absolute Gasteiger partial charge is 0.251 e. The van der Waals surface area contributed by atoms with E-state index in [0.29, 0.717) is 23.4 Å². The van der Waals surface area contributed by atoms with Crippen LogP contribution >= 0.6 is 0 Å². The molecule has 2 amide bonds. The predicted octanol–water partition coefficient (Wildman–Crippen LogP) is 5.52. The zero-order valence-corrected chi connectivity index (χ0v) is 19.9. The van der Waals surface area contributed by atoms with Crippen molar-refractivity contribution in [1.29, 1.82) is 0 Å². The third-order valence-corrected chi connectivity index (χ3v) is 9.30. The first-order valence-electron chi connectivity index (χ1n) is 13.3. The highest BCUT2D eigenvalue weighted by Gasteiger charge is 2.43. The van der Waals surface area contributed by atoms with Gasteiger partial charge in [-0.3, -0.25) is 9.59 Å². The van der Waals surface area contributed by atoms with Gasteiger partial charge in [0.2, 0.25) is 5.91 Å². The lowest BCUT2D eigenvalue weighted by atomic mass is 9.88. The molecule has 6 atom stereocenters. The maximum absolute atomic E-state index is 12.8. The van der Waals surface area contributed by atoms with Gasteiger partial charge in [0.05, 0.1) is 11.0 Å². The van der Waals surface area contributed by atoms with Crippen molar-refractivity contribution in [3.63, 3.8) is 0 Å². The lowest BCUT2D eigenvalue weighted by Gasteiger charge is -2.22. The Hall–Kier alpha value is -3.15. The van der Waals surface area contributed by atoms with Gasteiger partial charge in [-0.15, -0.1) is 0 Å². The lowest BCUT2D eigenvalue weighted by Crippen LogP contribution is -2.38. The van der Waals surface area contributed by atoms with Crippen molar-refractivity contribution in [3.8, 4) is 11.4 Å². The summed E-state index contributed by atoms with van der Waals surface area (Å²) in [5.74, 6) is 3.92. The number of fused-ring (bicyclic) bond motifs is 5. The van der Waals surface area contributed by atoms with Crippen molar-refractivity contribution in [2.24, 2.45) is 29.6 Å². The first kappa shape index (κ1) is 21.2. The molecule has 4 bridgehead atoms. The summed E-state index contributed by atoms with van der Waals surface area (Å²) < 4.78 is 0. The molecule has 1 heterocycles. The van der Waals surface area contributed by atoms with Crippen LogP contribution in [0.3, 0.4) is 0 Å². The molecule has 3 N–H and O–H groups in total. The average molecular weight is 469 g/mol. The number of hydrogen-bond donors (Lipinski definition) is 3. The second-order valence-electron chi connectivity index (χ2n) is 11.4. The third-order valence-electron chi connectivity index (χ3n) is 9.30. The Kier molecular flexibility index (Phi) is 4.97. The molecule has 0 spiro atoms. The van der Waals surface area contributed by atoms with Crippen LogP contribution in [0.15, 0.2) is 42.5 Å². The van der Waals surface area contributed by atoms with Gasteiger partial charge in [0.25, 0.3) is 5.91 Å². The number of carbonyl (C=O) groups excluding carboxylic acids is 2. The van der Waals surface area contributed by atoms with E-state index in [4.69, 9.17) is 4.98 Å². The number of nitrogens with one attached hydrogen (secondary N) is 3. The summed E-state index contributed by atoms with van der Waals surface area (Å²) in [6, 6.07) is 13.8. The van der Waals surface area contributed by atoms with E-state index in [9.17, 15) is 9.59 Å². The normalized spacial score (nSPS) is 30.7. The standard InChI is InChI=1S/C29H32N4O2/c34-28(33-25-14-17-2-4-21(25)12-17)19-7-5-18(6-8-19)27-31-24-10-9-22(15-26(24)32-27)30-29(35)23-13-16-1-3-20(23)11-16/h5-10,15-17,20-21,23,25H,1-4,11-14H2,(H,30,35)(H,31,32)(H,33,34). The second kappa shape index (κ2) is 8.21. The third kappa shape index (κ3) is 3.83. The molecule has 2 aromatic carbocycles. The topological polar surface area (TPSA) is 86.9 Å². The van der Waals surface area contributed by atoms with Gasteiger partial charge in [-0.05, 0) is 92.5 Å². The van der Waals surface area contributed by atoms with Crippen LogP contribution in [0.4, 0.5) is 5.69 Å². The Balaban J connectivity index is 1.03. The minimum atomic E-state index is 0.0228. The molecule has 4 fully saturated rings. The fraction of sp³-hybridized carbons (Fsp3) is 0.483. The molecule has 1 aromatic heterocycles. The summed E-state index contributed by atoms with van der Waals surface area (Å²) in [6.45, 7) is 0. The van der Waals surface area contributed by atoms with Crippen LogP contribution in [0.2, 0.25) is 0 Å². The number of nitrogens with zero attached hydrogens (tertiary/aromatic N) is 1. The van der Waals surface area contributed by atoms with Gasteiger partial charge >= 0.3 is 0 Å². The van der Waals surface area contributed by atoms with Crippen molar-refractivity contribution < 1.29 is 9.59 Å². The highest BCUT2D eigenvalue weighted by Crippen LogP contribution is 2.48. The minimum absolute atomic E-state index is 0.0228. The monoisotopic (exact) mass is 468 g/mol. The van der Waals surface area contributed by atoms with Gasteiger partial charge in [-0.1, -0.05) is 25.0 Å². The molecule has 180 valence electrons. The number of carbonyl (C=O) groups is 2. The fourth-order valence-electron chi connectivity index (χ4n) is 7.48. The molecule has 6 nitrogen and oxygen atoms in total. The van der Waals surface area contributed by atoms with Crippen LogP contribution in [-0.4, -0.2) is 27.8 Å². The first-order valence-corrected chi connectivity index (χ1v) is 13.3. The van der Waals surface area contributed by atoms with Crippen molar-refractivity contribution in [2.45, 2.75) is 57.4 Å². The molecule has 3 aromatic rings. The van der Waals surface area contributed by atoms with E-state index < -0.39 is 0 Å². The van der Waals surface area contributed by atoms with E-state index in [0.717, 1.165) is 52.8 Å². The van der Waals surface area contributed by atoms with Gasteiger partial charge in [0.1, 0.15) is 5.82 Å². The van der Waals surface area contributed by atoms with E-state index >= 15 is 0 Å². The number of amides is 2.